The number of anilines is 3. The van der Waals surface area contributed by atoms with Crippen LogP contribution in [-0.2, 0) is 6.54 Å². The molecule has 1 amide bonds. The Balaban J connectivity index is 1.29. The largest absolute Gasteiger partial charge is 0.369 e. The third kappa shape index (κ3) is 6.73. The summed E-state index contributed by atoms with van der Waals surface area (Å²) in [6.45, 7) is 9.98. The number of nitrogens with zero attached hydrogens (tertiary/aromatic N) is 3. The summed E-state index contributed by atoms with van der Waals surface area (Å²) in [4.78, 5) is 25.8. The Morgan fingerprint density at radius 1 is 1.00 bits per heavy atom. The number of fused-ring (bicyclic) bond motifs is 1. The number of halogens is 1. The van der Waals surface area contributed by atoms with Crippen LogP contribution in [0.15, 0.2) is 90.2 Å². The number of H-pyrrole nitrogens is 1. The van der Waals surface area contributed by atoms with E-state index < -0.39 is 0 Å². The highest BCUT2D eigenvalue weighted by molar-refractivity contribution is 6.05. The van der Waals surface area contributed by atoms with Crippen molar-refractivity contribution in [1.82, 2.24) is 15.6 Å². The minimum Gasteiger partial charge on any atom is -0.369 e. The second-order valence-corrected chi connectivity index (χ2v) is 11.0. The number of amides is 1. The SMILES string of the molecule is C=C1N=c2[nH]c(-c3cc(C(=O)Nc4ccc(F)cc4)cc(N4CCNCC4)c3)cc2=CN1c1ccc(CNCCCN)cc1. The second kappa shape index (κ2) is 13.3. The number of carbonyl (C=O) groups excluding carboxylic acids is 1. The molecular weight excluding hydrogens is 555 g/mol. The first-order chi connectivity index (χ1) is 21.5. The number of hydrogen-bond donors (Lipinski definition) is 5. The molecule has 3 heterocycles. The summed E-state index contributed by atoms with van der Waals surface area (Å²) in [7, 11) is 0. The molecule has 6 rings (SSSR count). The molecule has 10 heteroatoms. The third-order valence-corrected chi connectivity index (χ3v) is 7.79. The normalized spacial score (nSPS) is 14.5. The molecule has 1 fully saturated rings. The van der Waals surface area contributed by atoms with E-state index in [9.17, 15) is 9.18 Å². The zero-order valence-corrected chi connectivity index (χ0v) is 24.6. The molecule has 2 aliphatic rings. The monoisotopic (exact) mass is 592 g/mol. The van der Waals surface area contributed by atoms with Crippen LogP contribution in [0.1, 0.15) is 22.3 Å². The quantitative estimate of drug-likeness (QED) is 0.181. The van der Waals surface area contributed by atoms with Gasteiger partial charge in [-0.1, -0.05) is 18.7 Å². The number of nitrogens with two attached hydrogens (primary N) is 1. The lowest BCUT2D eigenvalue weighted by molar-refractivity contribution is 0.102. The Morgan fingerprint density at radius 3 is 2.52 bits per heavy atom. The summed E-state index contributed by atoms with van der Waals surface area (Å²) in [6, 6.07) is 22.0. The van der Waals surface area contributed by atoms with Crippen LogP contribution in [0.2, 0.25) is 0 Å². The van der Waals surface area contributed by atoms with Crippen LogP contribution in [0, 0.1) is 5.82 Å². The number of carbonyl (C=O) groups is 1. The van der Waals surface area contributed by atoms with E-state index in [0.717, 1.165) is 73.5 Å². The molecule has 0 atom stereocenters. The summed E-state index contributed by atoms with van der Waals surface area (Å²) >= 11 is 0. The molecular formula is C34H37FN8O. The van der Waals surface area contributed by atoms with Gasteiger partial charge in [-0.3, -0.25) is 4.79 Å². The Kier molecular flexibility index (Phi) is 8.83. The molecule has 0 aliphatic carbocycles. The fourth-order valence-electron chi connectivity index (χ4n) is 5.40. The smallest absolute Gasteiger partial charge is 0.255 e. The number of benzene rings is 3. The van der Waals surface area contributed by atoms with Gasteiger partial charge >= 0.3 is 0 Å². The van der Waals surface area contributed by atoms with Crippen molar-refractivity contribution < 1.29 is 9.18 Å². The fraction of sp³-hybridized carbons (Fsp3) is 0.235. The van der Waals surface area contributed by atoms with Gasteiger partial charge in [0.1, 0.15) is 17.1 Å². The minimum atomic E-state index is -0.353. The average Bonchev–Trinajstić information content (AvgIpc) is 3.47. The van der Waals surface area contributed by atoms with Crippen molar-refractivity contribution in [3.05, 3.63) is 113 Å². The summed E-state index contributed by atoms with van der Waals surface area (Å²) in [6.07, 6.45) is 2.98. The van der Waals surface area contributed by atoms with Crippen molar-refractivity contribution in [3.63, 3.8) is 0 Å². The molecule has 0 radical (unpaired) electrons. The predicted molar refractivity (Wildman–Crippen MR) is 174 cm³/mol. The molecule has 0 spiro atoms. The number of rotatable bonds is 10. The lowest BCUT2D eigenvalue weighted by Gasteiger charge is -2.30. The number of aromatic amines is 1. The molecule has 4 aromatic rings. The highest BCUT2D eigenvalue weighted by Crippen LogP contribution is 2.27. The third-order valence-electron chi connectivity index (χ3n) is 7.79. The fourth-order valence-corrected chi connectivity index (χ4v) is 5.40. The van der Waals surface area contributed by atoms with Gasteiger partial charge in [0.25, 0.3) is 5.91 Å². The first kappa shape index (κ1) is 29.3. The van der Waals surface area contributed by atoms with Crippen molar-refractivity contribution in [2.75, 3.05) is 54.4 Å². The number of piperazine rings is 1. The van der Waals surface area contributed by atoms with Crippen molar-refractivity contribution in [2.24, 2.45) is 10.7 Å². The lowest BCUT2D eigenvalue weighted by atomic mass is 10.0. The van der Waals surface area contributed by atoms with E-state index in [-0.39, 0.29) is 11.7 Å². The molecule has 44 heavy (non-hydrogen) atoms. The Hall–Kier alpha value is -4.77. The molecule has 3 aromatic carbocycles. The van der Waals surface area contributed by atoms with Crippen LogP contribution in [0.5, 0.6) is 0 Å². The van der Waals surface area contributed by atoms with Crippen LogP contribution in [0.3, 0.4) is 0 Å². The molecule has 0 unspecified atom stereocenters. The van der Waals surface area contributed by atoms with Gasteiger partial charge in [-0.2, -0.15) is 0 Å². The average molecular weight is 593 g/mol. The summed E-state index contributed by atoms with van der Waals surface area (Å²) in [5.41, 5.74) is 12.2. The van der Waals surface area contributed by atoms with Gasteiger partial charge in [0.05, 0.1) is 0 Å². The Labute approximate surface area is 256 Å². The van der Waals surface area contributed by atoms with Gasteiger partial charge in [-0.25, -0.2) is 9.38 Å². The molecule has 1 saturated heterocycles. The first-order valence-electron chi connectivity index (χ1n) is 14.9. The molecule has 0 saturated carbocycles. The van der Waals surface area contributed by atoms with Gasteiger partial charge in [0, 0.05) is 78.0 Å². The van der Waals surface area contributed by atoms with Crippen molar-refractivity contribution >= 4 is 29.2 Å². The summed E-state index contributed by atoms with van der Waals surface area (Å²) in [5, 5.41) is 10.6. The van der Waals surface area contributed by atoms with Crippen LogP contribution in [-0.4, -0.2) is 50.2 Å². The molecule has 2 aliphatic heterocycles. The van der Waals surface area contributed by atoms with E-state index in [1.54, 1.807) is 12.1 Å². The van der Waals surface area contributed by atoms with Gasteiger partial charge in [0.2, 0.25) is 0 Å². The van der Waals surface area contributed by atoms with Crippen molar-refractivity contribution in [2.45, 2.75) is 13.0 Å². The minimum absolute atomic E-state index is 0.264. The zero-order valence-electron chi connectivity index (χ0n) is 24.6. The molecule has 9 nitrogen and oxygen atoms in total. The van der Waals surface area contributed by atoms with Crippen LogP contribution in [0.4, 0.5) is 21.5 Å². The molecule has 226 valence electrons. The number of hydrogen-bond acceptors (Lipinski definition) is 7. The summed E-state index contributed by atoms with van der Waals surface area (Å²) in [5.74, 6) is -0.0119. The van der Waals surface area contributed by atoms with Gasteiger partial charge in [-0.15, -0.1) is 0 Å². The molecule has 0 bridgehead atoms. The number of aromatic nitrogens is 1. The second-order valence-electron chi connectivity index (χ2n) is 11.0. The van der Waals surface area contributed by atoms with E-state index in [4.69, 9.17) is 10.7 Å². The lowest BCUT2D eigenvalue weighted by Crippen LogP contribution is -2.43. The Bertz CT molecular complexity index is 1760. The Morgan fingerprint density at radius 2 is 1.77 bits per heavy atom. The highest BCUT2D eigenvalue weighted by atomic mass is 19.1. The maximum atomic E-state index is 13.4. The topological polar surface area (TPSA) is 114 Å². The zero-order chi connectivity index (χ0) is 30.5. The molecule has 1 aromatic heterocycles. The van der Waals surface area contributed by atoms with Gasteiger partial charge < -0.3 is 36.5 Å². The maximum Gasteiger partial charge on any atom is 0.255 e. The van der Waals surface area contributed by atoms with Gasteiger partial charge in [-0.05, 0) is 85.7 Å². The van der Waals surface area contributed by atoms with E-state index >= 15 is 0 Å². The van der Waals surface area contributed by atoms with Crippen LogP contribution < -0.4 is 42.2 Å². The van der Waals surface area contributed by atoms with E-state index in [1.807, 2.05) is 29.3 Å². The summed E-state index contributed by atoms with van der Waals surface area (Å²) < 4.78 is 13.4. The maximum absolute atomic E-state index is 13.4. The van der Waals surface area contributed by atoms with E-state index in [0.29, 0.717) is 29.1 Å². The first-order valence-corrected chi connectivity index (χ1v) is 14.9. The standard InChI is InChI=1S/C34H37FN8O/c1-23-39-33-27(22-43(23)30-9-3-24(4-10-30)21-38-12-2-11-36)20-32(41-33)25-17-26(19-31(18-25)42-15-13-37-14-16-42)34(44)40-29-7-5-28(35)6-8-29/h3-10,17-20,22,37-38H,1-2,11-16,21,36H2,(H,39,41)(H,40,44). The van der Waals surface area contributed by atoms with Crippen LogP contribution >= 0.6 is 0 Å². The van der Waals surface area contributed by atoms with Crippen molar-refractivity contribution in [3.8, 4) is 11.3 Å². The van der Waals surface area contributed by atoms with E-state index in [1.165, 1.54) is 17.7 Å². The van der Waals surface area contributed by atoms with Gasteiger partial charge in [0.15, 0.2) is 0 Å². The van der Waals surface area contributed by atoms with Crippen molar-refractivity contribution in [1.29, 1.82) is 0 Å². The molecule has 6 N–H and O–H groups in total. The predicted octanol–water partition coefficient (Wildman–Crippen LogP) is 3.27. The number of nitrogens with one attached hydrogen (secondary N) is 4. The van der Waals surface area contributed by atoms with E-state index in [2.05, 4.69) is 62.7 Å². The highest BCUT2D eigenvalue weighted by Gasteiger charge is 2.18. The van der Waals surface area contributed by atoms with Crippen LogP contribution in [0.25, 0.3) is 17.5 Å².